The van der Waals surface area contributed by atoms with Gasteiger partial charge in [-0.05, 0) is 55.1 Å². The first-order chi connectivity index (χ1) is 11.8. The zero-order valence-corrected chi connectivity index (χ0v) is 13.9. The first kappa shape index (κ1) is 16.2. The molecule has 2 aromatic carbocycles. The van der Waals surface area contributed by atoms with Crippen LogP contribution in [0.4, 0.5) is 17.1 Å². The first-order valence-electron chi connectivity index (χ1n) is 8.28. The molecule has 122 valence electrons. The molecule has 5 heteroatoms. The van der Waals surface area contributed by atoms with Crippen molar-refractivity contribution in [3.05, 3.63) is 54.1 Å². The van der Waals surface area contributed by atoms with Crippen molar-refractivity contribution in [2.45, 2.75) is 6.92 Å². The third kappa shape index (κ3) is 3.98. The van der Waals surface area contributed by atoms with E-state index in [4.69, 9.17) is 5.26 Å². The predicted molar refractivity (Wildman–Crippen MR) is 96.1 cm³/mol. The molecule has 0 unspecified atom stereocenters. The molecule has 0 bridgehead atoms. The van der Waals surface area contributed by atoms with Gasteiger partial charge in [0.2, 0.25) is 0 Å². The highest BCUT2D eigenvalue weighted by Crippen LogP contribution is 2.23. The molecule has 1 saturated heterocycles. The minimum atomic E-state index is 0.626. The van der Waals surface area contributed by atoms with E-state index in [0.29, 0.717) is 5.56 Å². The van der Waals surface area contributed by atoms with Crippen LogP contribution < -0.4 is 4.90 Å². The Hall–Kier alpha value is -2.71. The quantitative estimate of drug-likeness (QED) is 0.797. The summed E-state index contributed by atoms with van der Waals surface area (Å²) in [6, 6.07) is 17.4. The monoisotopic (exact) mass is 319 g/mol. The van der Waals surface area contributed by atoms with Crippen LogP contribution in [0.25, 0.3) is 0 Å². The number of rotatable bonds is 4. The molecule has 0 spiro atoms. The van der Waals surface area contributed by atoms with Crippen LogP contribution in [-0.2, 0) is 0 Å². The minimum absolute atomic E-state index is 0.626. The van der Waals surface area contributed by atoms with Gasteiger partial charge < -0.3 is 9.80 Å². The average Bonchev–Trinajstić information content (AvgIpc) is 2.67. The Morgan fingerprint density at radius 1 is 0.875 bits per heavy atom. The molecule has 5 nitrogen and oxygen atoms in total. The van der Waals surface area contributed by atoms with Gasteiger partial charge in [-0.25, -0.2) is 0 Å². The predicted octanol–water partition coefficient (Wildman–Crippen LogP) is 4.12. The fourth-order valence-corrected chi connectivity index (χ4v) is 2.77. The summed E-state index contributed by atoms with van der Waals surface area (Å²) in [7, 11) is 0. The van der Waals surface area contributed by atoms with Gasteiger partial charge in [0.05, 0.1) is 23.0 Å². The first-order valence-corrected chi connectivity index (χ1v) is 8.28. The van der Waals surface area contributed by atoms with Crippen LogP contribution in [0, 0.1) is 11.3 Å². The lowest BCUT2D eigenvalue weighted by Gasteiger charge is -2.35. The van der Waals surface area contributed by atoms with E-state index in [0.717, 1.165) is 44.1 Å². The van der Waals surface area contributed by atoms with Crippen LogP contribution in [0.5, 0.6) is 0 Å². The Bertz CT molecular complexity index is 720. The fraction of sp³-hybridized carbons (Fsp3) is 0.316. The lowest BCUT2D eigenvalue weighted by molar-refractivity contribution is 0.271. The summed E-state index contributed by atoms with van der Waals surface area (Å²) >= 11 is 0. The van der Waals surface area contributed by atoms with Gasteiger partial charge in [-0.1, -0.05) is 6.92 Å². The fourth-order valence-electron chi connectivity index (χ4n) is 2.77. The van der Waals surface area contributed by atoms with Gasteiger partial charge in [0.1, 0.15) is 0 Å². The molecule has 0 atom stereocenters. The van der Waals surface area contributed by atoms with E-state index >= 15 is 0 Å². The van der Waals surface area contributed by atoms with Gasteiger partial charge in [-0.2, -0.15) is 15.5 Å². The van der Waals surface area contributed by atoms with Crippen LogP contribution in [0.1, 0.15) is 12.5 Å². The number of hydrogen-bond acceptors (Lipinski definition) is 5. The Morgan fingerprint density at radius 3 is 1.92 bits per heavy atom. The normalized spacial score (nSPS) is 15.6. The molecule has 2 aromatic rings. The molecule has 1 aliphatic rings. The molecule has 0 amide bonds. The maximum absolute atomic E-state index is 8.79. The van der Waals surface area contributed by atoms with Crippen molar-refractivity contribution in [2.24, 2.45) is 10.2 Å². The van der Waals surface area contributed by atoms with Gasteiger partial charge >= 0.3 is 0 Å². The molecular formula is C19H21N5. The number of hydrogen-bond donors (Lipinski definition) is 0. The second-order valence-corrected chi connectivity index (χ2v) is 5.80. The number of azo groups is 1. The van der Waals surface area contributed by atoms with Crippen molar-refractivity contribution in [2.75, 3.05) is 37.6 Å². The molecule has 0 aromatic heterocycles. The molecule has 1 fully saturated rings. The summed E-state index contributed by atoms with van der Waals surface area (Å²) in [5.74, 6) is 0. The van der Waals surface area contributed by atoms with Gasteiger partial charge in [-0.3, -0.25) is 0 Å². The lowest BCUT2D eigenvalue weighted by atomic mass is 10.2. The van der Waals surface area contributed by atoms with E-state index in [1.807, 2.05) is 12.1 Å². The molecule has 0 saturated carbocycles. The summed E-state index contributed by atoms with van der Waals surface area (Å²) in [6.45, 7) is 7.72. The Balaban J connectivity index is 1.62. The number of benzene rings is 2. The van der Waals surface area contributed by atoms with E-state index in [1.165, 1.54) is 5.69 Å². The van der Waals surface area contributed by atoms with E-state index in [2.05, 4.69) is 45.2 Å². The van der Waals surface area contributed by atoms with Gasteiger partial charge in [0.15, 0.2) is 0 Å². The van der Waals surface area contributed by atoms with Gasteiger partial charge in [0.25, 0.3) is 0 Å². The van der Waals surface area contributed by atoms with E-state index in [9.17, 15) is 0 Å². The maximum atomic E-state index is 8.79. The highest BCUT2D eigenvalue weighted by molar-refractivity contribution is 5.53. The lowest BCUT2D eigenvalue weighted by Crippen LogP contribution is -2.46. The highest BCUT2D eigenvalue weighted by Gasteiger charge is 2.15. The van der Waals surface area contributed by atoms with Crippen LogP contribution in [0.2, 0.25) is 0 Å². The van der Waals surface area contributed by atoms with Crippen molar-refractivity contribution in [3.8, 4) is 6.07 Å². The average molecular weight is 319 g/mol. The van der Waals surface area contributed by atoms with Crippen molar-refractivity contribution in [1.82, 2.24) is 4.90 Å². The Morgan fingerprint density at radius 2 is 1.42 bits per heavy atom. The number of piperazine rings is 1. The molecule has 3 rings (SSSR count). The number of likely N-dealkylation sites (N-methyl/N-ethyl adjacent to an activating group) is 1. The van der Waals surface area contributed by atoms with Crippen molar-refractivity contribution in [3.63, 3.8) is 0 Å². The largest absolute Gasteiger partial charge is 0.369 e. The summed E-state index contributed by atoms with van der Waals surface area (Å²) in [5.41, 5.74) is 3.44. The van der Waals surface area contributed by atoms with Gasteiger partial charge in [0, 0.05) is 31.9 Å². The minimum Gasteiger partial charge on any atom is -0.369 e. The summed E-state index contributed by atoms with van der Waals surface area (Å²) < 4.78 is 0. The van der Waals surface area contributed by atoms with Crippen LogP contribution in [-0.4, -0.2) is 37.6 Å². The van der Waals surface area contributed by atoms with Crippen LogP contribution >= 0.6 is 0 Å². The number of nitriles is 1. The second kappa shape index (κ2) is 7.71. The van der Waals surface area contributed by atoms with Gasteiger partial charge in [-0.15, -0.1) is 0 Å². The third-order valence-corrected chi connectivity index (χ3v) is 4.31. The van der Waals surface area contributed by atoms with Crippen LogP contribution in [0.3, 0.4) is 0 Å². The molecule has 1 heterocycles. The SMILES string of the molecule is CCN1CCN(c2ccc(N=Nc3ccc(C#N)cc3)cc2)CC1. The number of anilines is 1. The Kier molecular flexibility index (Phi) is 5.19. The summed E-state index contributed by atoms with van der Waals surface area (Å²) in [6.07, 6.45) is 0. The van der Waals surface area contributed by atoms with Crippen molar-refractivity contribution in [1.29, 1.82) is 5.26 Å². The highest BCUT2D eigenvalue weighted by atomic mass is 15.3. The molecule has 24 heavy (non-hydrogen) atoms. The molecular weight excluding hydrogens is 298 g/mol. The summed E-state index contributed by atoms with van der Waals surface area (Å²) in [5, 5.41) is 17.3. The second-order valence-electron chi connectivity index (χ2n) is 5.80. The third-order valence-electron chi connectivity index (χ3n) is 4.31. The smallest absolute Gasteiger partial charge is 0.0991 e. The number of nitrogens with zero attached hydrogens (tertiary/aromatic N) is 5. The molecule has 0 N–H and O–H groups in total. The topological polar surface area (TPSA) is 55.0 Å². The standard InChI is InChI=1S/C19H21N5/c1-2-23-11-13-24(14-12-23)19-9-7-18(8-10-19)22-21-17-5-3-16(15-20)4-6-17/h3-10H,2,11-14H2,1H3. The zero-order valence-electron chi connectivity index (χ0n) is 13.9. The Labute approximate surface area is 142 Å². The molecule has 0 aliphatic carbocycles. The van der Waals surface area contributed by atoms with E-state index in [-0.39, 0.29) is 0 Å². The molecule has 0 radical (unpaired) electrons. The summed E-state index contributed by atoms with van der Waals surface area (Å²) in [4.78, 5) is 4.88. The van der Waals surface area contributed by atoms with Crippen molar-refractivity contribution < 1.29 is 0 Å². The van der Waals surface area contributed by atoms with Crippen LogP contribution in [0.15, 0.2) is 58.8 Å². The maximum Gasteiger partial charge on any atom is 0.0991 e. The van der Waals surface area contributed by atoms with E-state index in [1.54, 1.807) is 24.3 Å². The molecule has 1 aliphatic heterocycles. The zero-order chi connectivity index (χ0) is 16.8. The van der Waals surface area contributed by atoms with Crippen molar-refractivity contribution >= 4 is 17.1 Å². The van der Waals surface area contributed by atoms with E-state index < -0.39 is 0 Å².